The number of nitrogens with one attached hydrogen (secondary N) is 1. The molecule has 0 spiro atoms. The van der Waals surface area contributed by atoms with E-state index < -0.39 is 10.0 Å². The van der Waals surface area contributed by atoms with Gasteiger partial charge in [-0.2, -0.15) is 0 Å². The molecule has 2 saturated heterocycles. The van der Waals surface area contributed by atoms with Gasteiger partial charge in [-0.15, -0.1) is 0 Å². The summed E-state index contributed by atoms with van der Waals surface area (Å²) in [5, 5.41) is 2.97. The quantitative estimate of drug-likeness (QED) is 0.683. The van der Waals surface area contributed by atoms with Gasteiger partial charge in [0.2, 0.25) is 10.0 Å². The molecule has 7 heteroatoms. The lowest BCUT2D eigenvalue weighted by atomic mass is 10.1. The number of sulfonamides is 1. The predicted octanol–water partition coefficient (Wildman–Crippen LogP) is 3.14. The van der Waals surface area contributed by atoms with Crippen molar-refractivity contribution in [3.05, 3.63) is 70.8 Å². The van der Waals surface area contributed by atoms with E-state index in [0.717, 1.165) is 38.0 Å². The van der Waals surface area contributed by atoms with Crippen molar-refractivity contribution in [1.29, 1.82) is 0 Å². The van der Waals surface area contributed by atoms with Crippen LogP contribution in [0.1, 0.15) is 52.7 Å². The third-order valence-electron chi connectivity index (χ3n) is 6.07. The lowest BCUT2D eigenvalue weighted by molar-refractivity contribution is 0.0951. The van der Waals surface area contributed by atoms with E-state index in [0.29, 0.717) is 30.8 Å². The fraction of sp³-hybridized carbons (Fsp3) is 0.458. The molecule has 6 nitrogen and oxygen atoms in total. The van der Waals surface area contributed by atoms with E-state index in [1.165, 1.54) is 18.4 Å². The molecule has 0 aromatic heterocycles. The van der Waals surface area contributed by atoms with Crippen molar-refractivity contribution in [3.63, 3.8) is 0 Å². The number of carbonyl (C=O) groups excluding carboxylic acids is 1. The maximum atomic E-state index is 12.5. The molecular formula is C24H31N3O3S. The number of amides is 1. The molecule has 1 N–H and O–H groups in total. The summed E-state index contributed by atoms with van der Waals surface area (Å²) in [6.07, 6.45) is 4.41. The molecule has 0 unspecified atom stereocenters. The monoisotopic (exact) mass is 441 g/mol. The van der Waals surface area contributed by atoms with E-state index in [1.54, 1.807) is 28.6 Å². The van der Waals surface area contributed by atoms with Crippen LogP contribution in [-0.2, 0) is 28.9 Å². The summed E-state index contributed by atoms with van der Waals surface area (Å²) in [4.78, 5) is 15.0. The Hall–Kier alpha value is -2.22. The molecule has 0 bridgehead atoms. The Labute approximate surface area is 185 Å². The van der Waals surface area contributed by atoms with Gasteiger partial charge in [0.05, 0.1) is 5.75 Å². The minimum Gasteiger partial charge on any atom is -0.348 e. The highest BCUT2D eigenvalue weighted by Gasteiger charge is 2.25. The van der Waals surface area contributed by atoms with Crippen molar-refractivity contribution in [2.24, 2.45) is 0 Å². The fourth-order valence-corrected chi connectivity index (χ4v) is 5.95. The van der Waals surface area contributed by atoms with Crippen molar-refractivity contribution < 1.29 is 13.2 Å². The Morgan fingerprint density at radius 2 is 1.48 bits per heavy atom. The van der Waals surface area contributed by atoms with Crippen LogP contribution < -0.4 is 5.32 Å². The van der Waals surface area contributed by atoms with Crippen LogP contribution in [-0.4, -0.2) is 49.7 Å². The lowest BCUT2D eigenvalue weighted by Gasteiger charge is -2.15. The molecule has 0 saturated carbocycles. The molecule has 166 valence electrons. The topological polar surface area (TPSA) is 69.7 Å². The Morgan fingerprint density at radius 3 is 2.19 bits per heavy atom. The molecule has 2 aromatic carbocycles. The first kappa shape index (κ1) is 22.0. The van der Waals surface area contributed by atoms with Gasteiger partial charge in [-0.1, -0.05) is 36.4 Å². The maximum Gasteiger partial charge on any atom is 0.251 e. The number of hydrogen-bond donors (Lipinski definition) is 1. The molecule has 2 aliphatic rings. The largest absolute Gasteiger partial charge is 0.348 e. The fourth-order valence-electron chi connectivity index (χ4n) is 4.34. The van der Waals surface area contributed by atoms with E-state index in [1.807, 2.05) is 12.1 Å². The molecule has 0 aliphatic carbocycles. The van der Waals surface area contributed by atoms with Crippen LogP contribution in [0, 0.1) is 0 Å². The maximum absolute atomic E-state index is 12.5. The zero-order valence-corrected chi connectivity index (χ0v) is 18.7. The summed E-state index contributed by atoms with van der Waals surface area (Å²) >= 11 is 0. The molecule has 2 fully saturated rings. The highest BCUT2D eigenvalue weighted by Crippen LogP contribution is 2.18. The van der Waals surface area contributed by atoms with Crippen LogP contribution in [0.5, 0.6) is 0 Å². The zero-order chi connectivity index (χ0) is 21.7. The summed E-state index contributed by atoms with van der Waals surface area (Å²) in [6, 6.07) is 15.2. The van der Waals surface area contributed by atoms with Crippen molar-refractivity contribution in [3.8, 4) is 0 Å². The Balaban J connectivity index is 1.30. The van der Waals surface area contributed by atoms with Gasteiger partial charge in [0.1, 0.15) is 0 Å². The average molecular weight is 442 g/mol. The van der Waals surface area contributed by atoms with Crippen LogP contribution in [0.2, 0.25) is 0 Å². The molecule has 1 amide bonds. The van der Waals surface area contributed by atoms with E-state index in [-0.39, 0.29) is 11.7 Å². The van der Waals surface area contributed by atoms with Crippen LogP contribution >= 0.6 is 0 Å². The third kappa shape index (κ3) is 5.93. The summed E-state index contributed by atoms with van der Waals surface area (Å²) in [7, 11) is -3.28. The number of hydrogen-bond acceptors (Lipinski definition) is 4. The van der Waals surface area contributed by atoms with Gasteiger partial charge in [0.15, 0.2) is 0 Å². The highest BCUT2D eigenvalue weighted by atomic mass is 32.2. The van der Waals surface area contributed by atoms with Crippen LogP contribution in [0.4, 0.5) is 0 Å². The predicted molar refractivity (Wildman–Crippen MR) is 122 cm³/mol. The summed E-state index contributed by atoms with van der Waals surface area (Å²) < 4.78 is 26.5. The van der Waals surface area contributed by atoms with Gasteiger partial charge in [-0.25, -0.2) is 12.7 Å². The SMILES string of the molecule is O=C(NCc1cccc(CN2CCCC2)c1)c1ccc(CS(=O)(=O)N2CCCC2)cc1. The standard InChI is InChI=1S/C24H31N3O3S/c28-24(25-17-21-6-5-7-22(16-21)18-26-12-1-2-13-26)23-10-8-20(9-11-23)19-31(29,30)27-14-3-4-15-27/h5-11,16H,1-4,12-15,17-19H2,(H,25,28). The van der Waals surface area contributed by atoms with E-state index in [9.17, 15) is 13.2 Å². The third-order valence-corrected chi connectivity index (χ3v) is 7.92. The Morgan fingerprint density at radius 1 is 0.839 bits per heavy atom. The number of nitrogens with zero attached hydrogens (tertiary/aromatic N) is 2. The molecule has 31 heavy (non-hydrogen) atoms. The van der Waals surface area contributed by atoms with Gasteiger partial charge in [0, 0.05) is 31.7 Å². The Kier molecular flexibility index (Phi) is 7.05. The van der Waals surface area contributed by atoms with E-state index >= 15 is 0 Å². The lowest BCUT2D eigenvalue weighted by Crippen LogP contribution is -2.29. The first-order valence-electron chi connectivity index (χ1n) is 11.1. The van der Waals surface area contributed by atoms with Gasteiger partial charge in [-0.3, -0.25) is 9.69 Å². The van der Waals surface area contributed by atoms with Gasteiger partial charge < -0.3 is 5.32 Å². The van der Waals surface area contributed by atoms with Crippen molar-refractivity contribution >= 4 is 15.9 Å². The molecule has 2 aliphatic heterocycles. The number of carbonyl (C=O) groups is 1. The normalized spacial score (nSPS) is 17.8. The highest BCUT2D eigenvalue weighted by molar-refractivity contribution is 7.88. The van der Waals surface area contributed by atoms with Crippen LogP contribution in [0.25, 0.3) is 0 Å². The second kappa shape index (κ2) is 9.94. The van der Waals surface area contributed by atoms with Crippen molar-refractivity contribution in [2.75, 3.05) is 26.2 Å². The summed E-state index contributed by atoms with van der Waals surface area (Å²) in [6.45, 7) is 4.98. The minimum atomic E-state index is -3.28. The summed E-state index contributed by atoms with van der Waals surface area (Å²) in [5.41, 5.74) is 3.60. The van der Waals surface area contributed by atoms with Crippen LogP contribution in [0.3, 0.4) is 0 Å². The number of benzene rings is 2. The minimum absolute atomic E-state index is 0.0152. The molecule has 2 aromatic rings. The second-order valence-corrected chi connectivity index (χ2v) is 10.5. The van der Waals surface area contributed by atoms with Gasteiger partial charge in [0.25, 0.3) is 5.91 Å². The number of likely N-dealkylation sites (tertiary alicyclic amines) is 1. The number of rotatable bonds is 8. The smallest absolute Gasteiger partial charge is 0.251 e. The van der Waals surface area contributed by atoms with Crippen LogP contribution in [0.15, 0.2) is 48.5 Å². The molecule has 0 atom stereocenters. The van der Waals surface area contributed by atoms with Gasteiger partial charge in [-0.05, 0) is 67.6 Å². The van der Waals surface area contributed by atoms with E-state index in [4.69, 9.17) is 0 Å². The first-order chi connectivity index (χ1) is 15.0. The zero-order valence-electron chi connectivity index (χ0n) is 17.9. The molecule has 4 rings (SSSR count). The molecule has 0 radical (unpaired) electrons. The Bertz CT molecular complexity index is 993. The van der Waals surface area contributed by atoms with Crippen molar-refractivity contribution in [2.45, 2.75) is 44.5 Å². The molecule has 2 heterocycles. The second-order valence-electron chi connectivity index (χ2n) is 8.55. The van der Waals surface area contributed by atoms with Crippen molar-refractivity contribution in [1.82, 2.24) is 14.5 Å². The first-order valence-corrected chi connectivity index (χ1v) is 12.8. The molecular weight excluding hydrogens is 410 g/mol. The summed E-state index contributed by atoms with van der Waals surface area (Å²) in [5.74, 6) is -0.169. The average Bonchev–Trinajstić information content (AvgIpc) is 3.47. The van der Waals surface area contributed by atoms with E-state index in [2.05, 4.69) is 22.3 Å². The van der Waals surface area contributed by atoms with Gasteiger partial charge >= 0.3 is 0 Å².